The van der Waals surface area contributed by atoms with Gasteiger partial charge in [-0.25, -0.2) is 4.98 Å². The van der Waals surface area contributed by atoms with E-state index < -0.39 is 0 Å². The van der Waals surface area contributed by atoms with Crippen molar-refractivity contribution in [2.45, 2.75) is 19.3 Å². The molecule has 1 fully saturated rings. The van der Waals surface area contributed by atoms with Crippen LogP contribution in [0.1, 0.15) is 19.3 Å². The van der Waals surface area contributed by atoms with Gasteiger partial charge in [-0.3, -0.25) is 4.79 Å². The second-order valence-corrected chi connectivity index (χ2v) is 5.19. The zero-order valence-electron chi connectivity index (χ0n) is 12.4. The fourth-order valence-corrected chi connectivity index (χ4v) is 2.34. The average Bonchev–Trinajstić information content (AvgIpc) is 2.50. The van der Waals surface area contributed by atoms with E-state index in [4.69, 9.17) is 9.47 Å². The molecule has 21 heavy (non-hydrogen) atoms. The van der Waals surface area contributed by atoms with Crippen molar-refractivity contribution in [1.82, 2.24) is 10.3 Å². The maximum Gasteiger partial charge on any atom is 0.224 e. The number of hydrogen-bond acceptors (Lipinski definition) is 5. The van der Waals surface area contributed by atoms with E-state index in [1.54, 1.807) is 25.4 Å². The van der Waals surface area contributed by atoms with Crippen LogP contribution in [0.5, 0.6) is 5.88 Å². The zero-order chi connectivity index (χ0) is 14.9. The summed E-state index contributed by atoms with van der Waals surface area (Å²) in [5.41, 5.74) is 0.697. The molecule has 1 atom stereocenters. The highest BCUT2D eigenvalue weighted by Gasteiger charge is 2.16. The van der Waals surface area contributed by atoms with E-state index in [9.17, 15) is 4.79 Å². The number of pyridine rings is 1. The lowest BCUT2D eigenvalue weighted by atomic mass is 9.96. The molecule has 1 aromatic rings. The lowest BCUT2D eigenvalue weighted by molar-refractivity contribution is -0.117. The third kappa shape index (κ3) is 5.69. The van der Waals surface area contributed by atoms with Crippen LogP contribution in [0.25, 0.3) is 0 Å². The summed E-state index contributed by atoms with van der Waals surface area (Å²) in [4.78, 5) is 16.1. The third-order valence-electron chi connectivity index (χ3n) is 3.43. The molecule has 0 bridgehead atoms. The molecule has 0 aliphatic carbocycles. The first-order chi connectivity index (χ1) is 10.3. The molecule has 6 heteroatoms. The Morgan fingerprint density at radius 1 is 1.48 bits per heavy atom. The second-order valence-electron chi connectivity index (χ2n) is 5.19. The molecule has 0 radical (unpaired) electrons. The Balaban J connectivity index is 1.75. The number of rotatable bonds is 7. The van der Waals surface area contributed by atoms with Gasteiger partial charge in [0.05, 0.1) is 18.5 Å². The van der Waals surface area contributed by atoms with Crippen LogP contribution in [0.2, 0.25) is 0 Å². The van der Waals surface area contributed by atoms with Gasteiger partial charge >= 0.3 is 0 Å². The topological polar surface area (TPSA) is 72.5 Å². The van der Waals surface area contributed by atoms with Gasteiger partial charge in [-0.1, -0.05) is 0 Å². The van der Waals surface area contributed by atoms with E-state index in [-0.39, 0.29) is 5.91 Å². The molecule has 116 valence electrons. The van der Waals surface area contributed by atoms with Gasteiger partial charge in [0.2, 0.25) is 11.8 Å². The normalized spacial score (nSPS) is 18.2. The highest BCUT2D eigenvalue weighted by molar-refractivity contribution is 5.90. The first kappa shape index (κ1) is 15.7. The van der Waals surface area contributed by atoms with Crippen molar-refractivity contribution in [2.24, 2.45) is 5.92 Å². The highest BCUT2D eigenvalue weighted by atomic mass is 16.5. The summed E-state index contributed by atoms with van der Waals surface area (Å²) in [5.74, 6) is 1.00. The van der Waals surface area contributed by atoms with E-state index in [2.05, 4.69) is 15.6 Å². The molecule has 1 unspecified atom stereocenters. The van der Waals surface area contributed by atoms with Gasteiger partial charge in [0.15, 0.2) is 0 Å². The molecule has 2 rings (SSSR count). The molecular formula is C15H23N3O3. The molecule has 1 saturated heterocycles. The minimum Gasteiger partial charge on any atom is -0.475 e. The van der Waals surface area contributed by atoms with Crippen LogP contribution in [0.3, 0.4) is 0 Å². The van der Waals surface area contributed by atoms with Crippen molar-refractivity contribution in [1.29, 1.82) is 0 Å². The quantitative estimate of drug-likeness (QED) is 0.744. The van der Waals surface area contributed by atoms with E-state index in [1.165, 1.54) is 0 Å². The molecule has 0 spiro atoms. The first-order valence-corrected chi connectivity index (χ1v) is 7.36. The van der Waals surface area contributed by atoms with Gasteiger partial charge in [0.1, 0.15) is 6.61 Å². The maximum absolute atomic E-state index is 12.0. The predicted molar refractivity (Wildman–Crippen MR) is 80.4 cm³/mol. The summed E-state index contributed by atoms with van der Waals surface area (Å²) in [6, 6.07) is 3.54. The summed E-state index contributed by atoms with van der Waals surface area (Å²) in [7, 11) is 1.62. The molecule has 1 aliphatic rings. The summed E-state index contributed by atoms with van der Waals surface area (Å²) in [6.45, 7) is 2.98. The Bertz CT molecular complexity index is 430. The Kier molecular flexibility index (Phi) is 6.43. The van der Waals surface area contributed by atoms with Gasteiger partial charge in [-0.15, -0.1) is 0 Å². The number of nitrogens with one attached hydrogen (secondary N) is 2. The van der Waals surface area contributed by atoms with Crippen molar-refractivity contribution in [3.63, 3.8) is 0 Å². The van der Waals surface area contributed by atoms with Crippen LogP contribution in [-0.4, -0.2) is 44.3 Å². The first-order valence-electron chi connectivity index (χ1n) is 7.36. The third-order valence-corrected chi connectivity index (χ3v) is 3.43. The van der Waals surface area contributed by atoms with E-state index in [1.807, 2.05) is 0 Å². The number of nitrogens with zero attached hydrogens (tertiary/aromatic N) is 1. The van der Waals surface area contributed by atoms with Crippen molar-refractivity contribution in [3.05, 3.63) is 18.3 Å². The van der Waals surface area contributed by atoms with Crippen molar-refractivity contribution in [2.75, 3.05) is 38.7 Å². The number of carbonyl (C=O) groups is 1. The number of aromatic nitrogens is 1. The summed E-state index contributed by atoms with van der Waals surface area (Å²) in [5, 5.41) is 6.19. The van der Waals surface area contributed by atoms with Crippen LogP contribution < -0.4 is 15.4 Å². The molecule has 2 heterocycles. The molecule has 0 aromatic carbocycles. The largest absolute Gasteiger partial charge is 0.475 e. The summed E-state index contributed by atoms with van der Waals surface area (Å²) >= 11 is 0. The van der Waals surface area contributed by atoms with Gasteiger partial charge < -0.3 is 20.1 Å². The summed E-state index contributed by atoms with van der Waals surface area (Å²) in [6.07, 6.45) is 4.43. The van der Waals surface area contributed by atoms with Gasteiger partial charge in [0, 0.05) is 19.6 Å². The molecular weight excluding hydrogens is 270 g/mol. The molecule has 6 nitrogen and oxygen atoms in total. The van der Waals surface area contributed by atoms with Crippen LogP contribution in [0, 0.1) is 5.92 Å². The maximum atomic E-state index is 12.0. The van der Waals surface area contributed by atoms with Crippen molar-refractivity contribution in [3.8, 4) is 5.88 Å². The summed E-state index contributed by atoms with van der Waals surface area (Å²) < 4.78 is 10.3. The fraction of sp³-hybridized carbons (Fsp3) is 0.600. The lowest BCUT2D eigenvalue weighted by Gasteiger charge is -2.22. The van der Waals surface area contributed by atoms with Crippen LogP contribution >= 0.6 is 0 Å². The van der Waals surface area contributed by atoms with Crippen LogP contribution in [0.15, 0.2) is 18.3 Å². The minimum atomic E-state index is 0.0403. The molecule has 0 saturated carbocycles. The fourth-order valence-electron chi connectivity index (χ4n) is 2.34. The Hall–Kier alpha value is -1.66. The number of ether oxygens (including phenoxy) is 2. The second kappa shape index (κ2) is 8.59. The van der Waals surface area contributed by atoms with Gasteiger partial charge in [-0.2, -0.15) is 0 Å². The number of piperidine rings is 1. The van der Waals surface area contributed by atoms with E-state index in [0.29, 0.717) is 37.1 Å². The Morgan fingerprint density at radius 2 is 2.38 bits per heavy atom. The number of methoxy groups -OCH3 is 1. The monoisotopic (exact) mass is 293 g/mol. The minimum absolute atomic E-state index is 0.0403. The Morgan fingerprint density at radius 3 is 3.05 bits per heavy atom. The smallest absolute Gasteiger partial charge is 0.224 e. The number of hydrogen-bond donors (Lipinski definition) is 2. The number of anilines is 1. The molecule has 1 amide bonds. The zero-order valence-corrected chi connectivity index (χ0v) is 12.4. The SMILES string of the molecule is COCCOc1ccc(NC(=O)CC2CCCNC2)cn1. The van der Waals surface area contributed by atoms with Crippen molar-refractivity contribution < 1.29 is 14.3 Å². The number of carbonyl (C=O) groups excluding carboxylic acids is 1. The molecule has 1 aromatic heterocycles. The molecule has 1 aliphatic heterocycles. The standard InChI is InChI=1S/C15H23N3O3/c1-20-7-8-21-15-5-4-13(11-17-15)18-14(19)9-12-3-2-6-16-10-12/h4-5,11-12,16H,2-3,6-10H2,1H3,(H,18,19). The van der Waals surface area contributed by atoms with Crippen LogP contribution in [0.4, 0.5) is 5.69 Å². The lowest BCUT2D eigenvalue weighted by Crippen LogP contribution is -2.32. The van der Waals surface area contributed by atoms with Gasteiger partial charge in [-0.05, 0) is 37.9 Å². The van der Waals surface area contributed by atoms with Crippen molar-refractivity contribution >= 4 is 11.6 Å². The average molecular weight is 293 g/mol. The Labute approximate surface area is 125 Å². The molecule has 2 N–H and O–H groups in total. The van der Waals surface area contributed by atoms with E-state index in [0.717, 1.165) is 25.9 Å². The highest BCUT2D eigenvalue weighted by Crippen LogP contribution is 2.16. The van der Waals surface area contributed by atoms with E-state index >= 15 is 0 Å². The van der Waals surface area contributed by atoms with Gasteiger partial charge in [0.25, 0.3) is 0 Å². The van der Waals surface area contributed by atoms with Crippen LogP contribution in [-0.2, 0) is 9.53 Å². The number of amides is 1. The predicted octanol–water partition coefficient (Wildman–Crippen LogP) is 1.43.